The summed E-state index contributed by atoms with van der Waals surface area (Å²) in [5.41, 5.74) is 1.38. The van der Waals surface area contributed by atoms with E-state index in [1.807, 2.05) is 0 Å². The number of hydrogen-bond acceptors (Lipinski definition) is 2. The Labute approximate surface area is 121 Å². The van der Waals surface area contributed by atoms with Gasteiger partial charge in [-0.1, -0.05) is 56.0 Å². The average molecular weight is 275 g/mol. The smallest absolute Gasteiger partial charge is 0.0428 e. The Hall–Kier alpha value is -0.643. The zero-order chi connectivity index (χ0) is 13.6. The second kappa shape index (κ2) is 12.4. The Kier molecular flexibility index (Phi) is 10.7. The van der Waals surface area contributed by atoms with Gasteiger partial charge in [-0.15, -0.1) is 0 Å². The molecule has 0 saturated carbocycles. The maximum Gasteiger partial charge on any atom is 0.0428 e. The summed E-state index contributed by atoms with van der Waals surface area (Å²) in [6, 6.07) is 10.6. The van der Waals surface area contributed by atoms with Gasteiger partial charge in [0.05, 0.1) is 0 Å². The summed E-state index contributed by atoms with van der Waals surface area (Å²) in [7, 11) is 3.41. The highest BCUT2D eigenvalue weighted by Gasteiger charge is 1.93. The first kappa shape index (κ1) is 16.4. The van der Waals surface area contributed by atoms with Crippen molar-refractivity contribution in [1.82, 2.24) is 10.6 Å². The van der Waals surface area contributed by atoms with Crippen molar-refractivity contribution in [2.75, 3.05) is 19.3 Å². The van der Waals surface area contributed by atoms with Crippen molar-refractivity contribution in [2.24, 2.45) is 0 Å². The van der Waals surface area contributed by atoms with Gasteiger partial charge in [0, 0.05) is 16.8 Å². The van der Waals surface area contributed by atoms with Gasteiger partial charge in [-0.05, 0) is 37.7 Å². The third-order valence-corrected chi connectivity index (χ3v) is 3.50. The summed E-state index contributed by atoms with van der Waals surface area (Å²) in [6.07, 6.45) is 8.98. The van der Waals surface area contributed by atoms with E-state index >= 15 is 0 Å². The third-order valence-electron chi connectivity index (χ3n) is 3.25. The second-order valence-corrected chi connectivity index (χ2v) is 5.31. The number of hydrogen-bond donors (Lipinski definition) is 2. The Morgan fingerprint density at radius 2 is 1.32 bits per heavy atom. The Bertz CT molecular complexity index is 290. The Morgan fingerprint density at radius 3 is 1.95 bits per heavy atom. The number of nitrogens with one attached hydrogen (secondary N) is 2. The molecule has 0 amide bonds. The lowest BCUT2D eigenvalue weighted by molar-refractivity contribution is 0.557. The van der Waals surface area contributed by atoms with E-state index in [1.165, 1.54) is 44.1 Å². The topological polar surface area (TPSA) is 24.1 Å². The molecule has 0 atom stereocenters. The van der Waals surface area contributed by atoms with Crippen LogP contribution < -0.4 is 10.6 Å². The van der Waals surface area contributed by atoms with Crippen LogP contribution in [0.1, 0.15) is 44.1 Å². The highest BCUT2D eigenvalue weighted by atomic mass is 28.1. The Balaban J connectivity index is 1.79. The first-order chi connectivity index (χ1) is 9.43. The van der Waals surface area contributed by atoms with Crippen molar-refractivity contribution in [2.45, 2.75) is 45.1 Å². The Morgan fingerprint density at radius 1 is 0.737 bits per heavy atom. The van der Waals surface area contributed by atoms with Crippen LogP contribution in [-0.2, 0) is 6.54 Å². The molecule has 0 aliphatic heterocycles. The second-order valence-electron chi connectivity index (χ2n) is 4.96. The fraction of sp³-hybridized carbons (Fsp3) is 0.625. The SMILES string of the molecule is [Si]CNCCCCCCCCNCc1ccccc1. The molecular formula is C16H27N2Si. The van der Waals surface area contributed by atoms with Crippen LogP contribution in [0.3, 0.4) is 0 Å². The molecule has 0 heterocycles. The maximum absolute atomic E-state index is 3.51. The zero-order valence-electron chi connectivity index (χ0n) is 12.0. The molecule has 0 bridgehead atoms. The number of unbranched alkanes of at least 4 members (excludes halogenated alkanes) is 5. The van der Waals surface area contributed by atoms with Gasteiger partial charge in [-0.3, -0.25) is 0 Å². The lowest BCUT2D eigenvalue weighted by Crippen LogP contribution is -2.16. The van der Waals surface area contributed by atoms with Gasteiger partial charge in [-0.25, -0.2) is 0 Å². The van der Waals surface area contributed by atoms with Crippen LogP contribution in [0.4, 0.5) is 0 Å². The first-order valence-corrected chi connectivity index (χ1v) is 8.24. The third kappa shape index (κ3) is 9.88. The predicted octanol–water partition coefficient (Wildman–Crippen LogP) is 2.83. The number of rotatable bonds is 12. The molecule has 0 saturated heterocycles. The molecule has 1 aromatic rings. The molecule has 19 heavy (non-hydrogen) atoms. The van der Waals surface area contributed by atoms with Gasteiger partial charge < -0.3 is 10.6 Å². The van der Waals surface area contributed by atoms with Gasteiger partial charge in [0.2, 0.25) is 0 Å². The van der Waals surface area contributed by atoms with Gasteiger partial charge in [0.25, 0.3) is 0 Å². The minimum Gasteiger partial charge on any atom is -0.320 e. The van der Waals surface area contributed by atoms with Gasteiger partial charge in [-0.2, -0.15) is 0 Å². The summed E-state index contributed by atoms with van der Waals surface area (Å²) >= 11 is 0. The van der Waals surface area contributed by atoms with E-state index in [2.05, 4.69) is 51.2 Å². The van der Waals surface area contributed by atoms with E-state index in [0.29, 0.717) is 0 Å². The van der Waals surface area contributed by atoms with E-state index in [4.69, 9.17) is 0 Å². The zero-order valence-corrected chi connectivity index (χ0v) is 13.0. The van der Waals surface area contributed by atoms with Gasteiger partial charge >= 0.3 is 0 Å². The minimum atomic E-state index is 0.910. The highest BCUT2D eigenvalue weighted by molar-refractivity contribution is 6.08. The molecule has 105 valence electrons. The molecular weight excluding hydrogens is 248 g/mol. The quantitative estimate of drug-likeness (QED) is 0.453. The molecule has 0 fully saturated rings. The van der Waals surface area contributed by atoms with Crippen molar-refractivity contribution in [3.8, 4) is 0 Å². The fourth-order valence-corrected chi connectivity index (χ4v) is 2.30. The molecule has 1 rings (SSSR count). The van der Waals surface area contributed by atoms with E-state index < -0.39 is 0 Å². The van der Waals surface area contributed by atoms with Crippen LogP contribution in [-0.4, -0.2) is 29.5 Å². The van der Waals surface area contributed by atoms with Crippen molar-refractivity contribution < 1.29 is 0 Å². The van der Waals surface area contributed by atoms with Crippen molar-refractivity contribution in [3.63, 3.8) is 0 Å². The molecule has 3 radical (unpaired) electrons. The molecule has 1 aromatic carbocycles. The van der Waals surface area contributed by atoms with Gasteiger partial charge in [0.1, 0.15) is 0 Å². The van der Waals surface area contributed by atoms with Gasteiger partial charge in [0.15, 0.2) is 0 Å². The highest BCUT2D eigenvalue weighted by Crippen LogP contribution is 2.04. The molecule has 0 aromatic heterocycles. The van der Waals surface area contributed by atoms with Crippen LogP contribution in [0.2, 0.25) is 0 Å². The summed E-state index contributed by atoms with van der Waals surface area (Å²) in [6.45, 7) is 3.28. The van der Waals surface area contributed by atoms with Crippen molar-refractivity contribution >= 4 is 10.2 Å². The lowest BCUT2D eigenvalue weighted by atomic mass is 10.1. The van der Waals surface area contributed by atoms with Crippen molar-refractivity contribution in [3.05, 3.63) is 35.9 Å². The van der Waals surface area contributed by atoms with E-state index in [1.54, 1.807) is 0 Å². The van der Waals surface area contributed by atoms with E-state index in [0.717, 1.165) is 25.8 Å². The van der Waals surface area contributed by atoms with E-state index in [9.17, 15) is 0 Å². The summed E-state index contributed by atoms with van der Waals surface area (Å²) < 4.78 is 0. The fourth-order valence-electron chi connectivity index (χ4n) is 2.12. The monoisotopic (exact) mass is 275 g/mol. The average Bonchev–Trinajstić information content (AvgIpc) is 2.46. The molecule has 0 aliphatic carbocycles. The van der Waals surface area contributed by atoms with Crippen LogP contribution >= 0.6 is 0 Å². The maximum atomic E-state index is 3.51. The molecule has 2 N–H and O–H groups in total. The lowest BCUT2D eigenvalue weighted by Gasteiger charge is -2.05. The predicted molar refractivity (Wildman–Crippen MR) is 84.5 cm³/mol. The van der Waals surface area contributed by atoms with Crippen LogP contribution in [0.15, 0.2) is 30.3 Å². The summed E-state index contributed by atoms with van der Waals surface area (Å²) in [4.78, 5) is 0. The summed E-state index contributed by atoms with van der Waals surface area (Å²) in [5.74, 6) is 0. The number of benzene rings is 1. The first-order valence-electron chi connectivity index (χ1n) is 7.53. The largest absolute Gasteiger partial charge is 0.320 e. The minimum absolute atomic E-state index is 0.910. The van der Waals surface area contributed by atoms with E-state index in [-0.39, 0.29) is 0 Å². The van der Waals surface area contributed by atoms with Crippen molar-refractivity contribution in [1.29, 1.82) is 0 Å². The van der Waals surface area contributed by atoms with Crippen LogP contribution in [0.5, 0.6) is 0 Å². The normalized spacial score (nSPS) is 10.8. The molecule has 0 unspecified atom stereocenters. The molecule has 3 heteroatoms. The molecule has 0 spiro atoms. The van der Waals surface area contributed by atoms with Crippen LogP contribution in [0.25, 0.3) is 0 Å². The molecule has 0 aliphatic rings. The van der Waals surface area contributed by atoms with Crippen LogP contribution in [0, 0.1) is 0 Å². The molecule has 2 nitrogen and oxygen atoms in total. The standard InChI is InChI=1S/C16H27N2Si/c19-15-18-13-9-4-2-1-3-8-12-17-14-16-10-6-5-7-11-16/h5-7,10-11,17-18H,1-4,8-9,12-15H2. The summed E-state index contributed by atoms with van der Waals surface area (Å²) in [5, 5.41) is 6.79.